The van der Waals surface area contributed by atoms with Gasteiger partial charge in [0.2, 0.25) is 0 Å². The van der Waals surface area contributed by atoms with Gasteiger partial charge in [-0.25, -0.2) is 0 Å². The van der Waals surface area contributed by atoms with Crippen molar-refractivity contribution in [3.05, 3.63) is 53.6 Å². The fourth-order valence-corrected chi connectivity index (χ4v) is 2.36. The molecule has 0 bridgehead atoms. The van der Waals surface area contributed by atoms with Crippen molar-refractivity contribution in [1.82, 2.24) is 0 Å². The van der Waals surface area contributed by atoms with Crippen molar-refractivity contribution in [2.75, 3.05) is 19.0 Å². The van der Waals surface area contributed by atoms with Gasteiger partial charge < -0.3 is 20.5 Å². The van der Waals surface area contributed by atoms with Crippen LogP contribution >= 0.6 is 0 Å². The maximum atomic E-state index is 12.4. The summed E-state index contributed by atoms with van der Waals surface area (Å²) in [5.41, 5.74) is 7.92. The Kier molecular flexibility index (Phi) is 6.32. The SMILES string of the molecule is COc1ccc(C)cc1CCN=C(N)Nc1ccccc1OC(F)(F)F. The van der Waals surface area contributed by atoms with E-state index in [4.69, 9.17) is 10.5 Å². The third kappa shape index (κ3) is 5.87. The number of aliphatic imine (C=N–C) groups is 1. The molecular formula is C18H20F3N3O2. The van der Waals surface area contributed by atoms with E-state index in [0.717, 1.165) is 16.9 Å². The van der Waals surface area contributed by atoms with E-state index in [2.05, 4.69) is 15.0 Å². The number of nitrogens with two attached hydrogens (primary N) is 1. The second kappa shape index (κ2) is 8.46. The number of aryl methyl sites for hydroxylation is 1. The molecule has 5 nitrogen and oxygen atoms in total. The summed E-state index contributed by atoms with van der Waals surface area (Å²) < 4.78 is 46.5. The Bertz CT molecular complexity index is 777. The van der Waals surface area contributed by atoms with Gasteiger partial charge in [0.15, 0.2) is 11.7 Å². The molecule has 2 aromatic carbocycles. The van der Waals surface area contributed by atoms with Crippen LogP contribution < -0.4 is 20.5 Å². The first kappa shape index (κ1) is 19.4. The van der Waals surface area contributed by atoms with Gasteiger partial charge in [-0.2, -0.15) is 0 Å². The molecule has 0 aliphatic carbocycles. The number of hydrogen-bond donors (Lipinski definition) is 2. The number of methoxy groups -OCH3 is 1. The summed E-state index contributed by atoms with van der Waals surface area (Å²) in [6.45, 7) is 2.32. The number of nitrogens with zero attached hydrogens (tertiary/aromatic N) is 1. The lowest BCUT2D eigenvalue weighted by atomic mass is 10.1. The molecule has 0 fully saturated rings. The minimum Gasteiger partial charge on any atom is -0.496 e. The molecule has 2 aromatic rings. The minimum absolute atomic E-state index is 0.00477. The lowest BCUT2D eigenvalue weighted by Crippen LogP contribution is -2.24. The van der Waals surface area contributed by atoms with E-state index in [9.17, 15) is 13.2 Å². The van der Waals surface area contributed by atoms with E-state index in [1.807, 2.05) is 25.1 Å². The highest BCUT2D eigenvalue weighted by atomic mass is 19.4. The standard InChI is InChI=1S/C18H20F3N3O2/c1-12-7-8-15(25-2)13(11-12)9-10-23-17(22)24-14-5-3-4-6-16(14)26-18(19,20)21/h3-8,11H,9-10H2,1-2H3,(H3,22,23,24). The Balaban J connectivity index is 2.02. The van der Waals surface area contributed by atoms with Crippen LogP contribution in [0, 0.1) is 6.92 Å². The fraction of sp³-hybridized carbons (Fsp3) is 0.278. The summed E-state index contributed by atoms with van der Waals surface area (Å²) in [6, 6.07) is 11.4. The minimum atomic E-state index is -4.79. The third-order valence-corrected chi connectivity index (χ3v) is 3.47. The number of nitrogens with one attached hydrogen (secondary N) is 1. The molecule has 0 atom stereocenters. The molecular weight excluding hydrogens is 347 g/mol. The number of hydrogen-bond acceptors (Lipinski definition) is 3. The average molecular weight is 367 g/mol. The van der Waals surface area contributed by atoms with E-state index in [-0.39, 0.29) is 17.4 Å². The van der Waals surface area contributed by atoms with Crippen molar-refractivity contribution >= 4 is 11.6 Å². The smallest absolute Gasteiger partial charge is 0.496 e. The molecule has 0 saturated carbocycles. The quantitative estimate of drug-likeness (QED) is 0.601. The van der Waals surface area contributed by atoms with Crippen LogP contribution in [0.2, 0.25) is 0 Å². The summed E-state index contributed by atoms with van der Waals surface area (Å²) >= 11 is 0. The molecule has 0 radical (unpaired) electrons. The maximum Gasteiger partial charge on any atom is 0.573 e. The molecule has 0 amide bonds. The van der Waals surface area contributed by atoms with Crippen LogP contribution in [0.3, 0.4) is 0 Å². The van der Waals surface area contributed by atoms with Crippen molar-refractivity contribution in [1.29, 1.82) is 0 Å². The van der Waals surface area contributed by atoms with Crippen molar-refractivity contribution in [3.63, 3.8) is 0 Å². The van der Waals surface area contributed by atoms with Gasteiger partial charge in [-0.1, -0.05) is 29.8 Å². The Hall–Kier alpha value is -2.90. The summed E-state index contributed by atoms with van der Waals surface area (Å²) in [6.07, 6.45) is -4.21. The molecule has 140 valence electrons. The molecule has 0 heterocycles. The van der Waals surface area contributed by atoms with Crippen molar-refractivity contribution in [2.45, 2.75) is 19.7 Å². The third-order valence-electron chi connectivity index (χ3n) is 3.47. The zero-order valence-corrected chi connectivity index (χ0v) is 14.4. The van der Waals surface area contributed by atoms with Gasteiger partial charge >= 0.3 is 6.36 Å². The summed E-state index contributed by atoms with van der Waals surface area (Å²) in [7, 11) is 1.59. The van der Waals surface area contributed by atoms with Crippen LogP contribution in [0.5, 0.6) is 11.5 Å². The predicted octanol–water partition coefficient (Wildman–Crippen LogP) is 3.87. The van der Waals surface area contributed by atoms with E-state index in [1.165, 1.54) is 18.2 Å². The Morgan fingerprint density at radius 1 is 1.15 bits per heavy atom. The molecule has 0 aliphatic heterocycles. The van der Waals surface area contributed by atoms with Gasteiger partial charge in [-0.15, -0.1) is 13.2 Å². The Labute approximate surface area is 149 Å². The van der Waals surface area contributed by atoms with Gasteiger partial charge in [0.25, 0.3) is 0 Å². The van der Waals surface area contributed by atoms with Gasteiger partial charge in [0, 0.05) is 6.54 Å². The highest BCUT2D eigenvalue weighted by Crippen LogP contribution is 2.29. The van der Waals surface area contributed by atoms with Crippen molar-refractivity contribution in [2.24, 2.45) is 10.7 Å². The van der Waals surface area contributed by atoms with Crippen LogP contribution in [0.25, 0.3) is 0 Å². The van der Waals surface area contributed by atoms with Crippen LogP contribution in [0.15, 0.2) is 47.5 Å². The summed E-state index contributed by atoms with van der Waals surface area (Å²) in [5.74, 6) is 0.370. The number of para-hydroxylation sites is 2. The monoisotopic (exact) mass is 367 g/mol. The number of alkyl halides is 3. The summed E-state index contributed by atoms with van der Waals surface area (Å²) in [4.78, 5) is 4.15. The largest absolute Gasteiger partial charge is 0.573 e. The lowest BCUT2D eigenvalue weighted by Gasteiger charge is -2.14. The van der Waals surface area contributed by atoms with E-state index in [0.29, 0.717) is 13.0 Å². The van der Waals surface area contributed by atoms with Crippen molar-refractivity contribution in [3.8, 4) is 11.5 Å². The highest BCUT2D eigenvalue weighted by Gasteiger charge is 2.32. The molecule has 0 spiro atoms. The first-order valence-electron chi connectivity index (χ1n) is 7.84. The van der Waals surface area contributed by atoms with Crippen LogP contribution in [-0.2, 0) is 6.42 Å². The molecule has 8 heteroatoms. The molecule has 26 heavy (non-hydrogen) atoms. The summed E-state index contributed by atoms with van der Waals surface area (Å²) in [5, 5.41) is 2.63. The van der Waals surface area contributed by atoms with Crippen LogP contribution in [0.1, 0.15) is 11.1 Å². The molecule has 2 rings (SSSR count). The second-order valence-corrected chi connectivity index (χ2v) is 5.50. The number of benzene rings is 2. The van der Waals surface area contributed by atoms with Crippen LogP contribution in [0.4, 0.5) is 18.9 Å². The van der Waals surface area contributed by atoms with E-state index < -0.39 is 6.36 Å². The normalized spacial score (nSPS) is 12.0. The lowest BCUT2D eigenvalue weighted by molar-refractivity contribution is -0.274. The second-order valence-electron chi connectivity index (χ2n) is 5.50. The number of ether oxygens (including phenoxy) is 2. The highest BCUT2D eigenvalue weighted by molar-refractivity contribution is 5.93. The van der Waals surface area contributed by atoms with Gasteiger partial charge in [0.1, 0.15) is 5.75 Å². The van der Waals surface area contributed by atoms with Gasteiger partial charge in [0.05, 0.1) is 12.8 Å². The first-order chi connectivity index (χ1) is 12.3. The maximum absolute atomic E-state index is 12.4. The van der Waals surface area contributed by atoms with Crippen molar-refractivity contribution < 1.29 is 22.6 Å². The number of anilines is 1. The van der Waals surface area contributed by atoms with Gasteiger partial charge in [-0.05, 0) is 37.1 Å². The van der Waals surface area contributed by atoms with Gasteiger partial charge in [-0.3, -0.25) is 4.99 Å². The average Bonchev–Trinajstić information content (AvgIpc) is 2.55. The first-order valence-corrected chi connectivity index (χ1v) is 7.84. The molecule has 0 unspecified atom stereocenters. The number of rotatable bonds is 6. The van der Waals surface area contributed by atoms with Crippen LogP contribution in [-0.4, -0.2) is 26.0 Å². The zero-order chi connectivity index (χ0) is 19.2. The Morgan fingerprint density at radius 3 is 2.58 bits per heavy atom. The molecule has 0 saturated heterocycles. The number of guanidine groups is 1. The molecule has 0 aliphatic rings. The topological polar surface area (TPSA) is 68.9 Å². The Morgan fingerprint density at radius 2 is 1.88 bits per heavy atom. The molecule has 0 aromatic heterocycles. The number of halogens is 3. The molecule has 3 N–H and O–H groups in total. The van der Waals surface area contributed by atoms with E-state index in [1.54, 1.807) is 13.2 Å². The fourth-order valence-electron chi connectivity index (χ4n) is 2.36. The zero-order valence-electron chi connectivity index (χ0n) is 14.4. The predicted molar refractivity (Wildman–Crippen MR) is 94.7 cm³/mol. The van der Waals surface area contributed by atoms with E-state index >= 15 is 0 Å².